The summed E-state index contributed by atoms with van der Waals surface area (Å²) in [6, 6.07) is 0.256. The minimum atomic E-state index is -3.39. The van der Waals surface area contributed by atoms with E-state index in [9.17, 15) is 16.8 Å². The SMILES string of the molecule is CNS(=O)(=O)CCNS(=O)(=O)CCC1CCCCN1. The highest BCUT2D eigenvalue weighted by atomic mass is 32.2. The van der Waals surface area contributed by atoms with E-state index < -0.39 is 20.0 Å². The summed E-state index contributed by atoms with van der Waals surface area (Å²) in [5, 5.41) is 3.28. The van der Waals surface area contributed by atoms with Crippen molar-refractivity contribution in [3.63, 3.8) is 0 Å². The maximum atomic E-state index is 11.7. The Morgan fingerprint density at radius 3 is 2.42 bits per heavy atom. The van der Waals surface area contributed by atoms with Crippen molar-refractivity contribution in [2.45, 2.75) is 31.7 Å². The molecule has 7 nitrogen and oxygen atoms in total. The smallest absolute Gasteiger partial charge is 0.212 e. The standard InChI is InChI=1S/C10H23N3O4S2/c1-11-18(14,15)9-7-13-19(16,17)8-5-10-4-2-3-6-12-10/h10-13H,2-9H2,1H3. The first-order chi connectivity index (χ1) is 8.85. The zero-order valence-corrected chi connectivity index (χ0v) is 12.8. The number of rotatable bonds is 8. The van der Waals surface area contributed by atoms with Gasteiger partial charge in [0.1, 0.15) is 0 Å². The van der Waals surface area contributed by atoms with Crippen molar-refractivity contribution in [1.29, 1.82) is 0 Å². The lowest BCUT2D eigenvalue weighted by Gasteiger charge is -2.23. The summed E-state index contributed by atoms with van der Waals surface area (Å²) in [6.07, 6.45) is 3.84. The van der Waals surface area contributed by atoms with Crippen LogP contribution >= 0.6 is 0 Å². The predicted molar refractivity (Wildman–Crippen MR) is 74.9 cm³/mol. The van der Waals surface area contributed by atoms with Gasteiger partial charge in [0.15, 0.2) is 0 Å². The Hall–Kier alpha value is -0.220. The van der Waals surface area contributed by atoms with Crippen molar-refractivity contribution < 1.29 is 16.8 Å². The highest BCUT2D eigenvalue weighted by Crippen LogP contribution is 2.10. The Balaban J connectivity index is 2.27. The zero-order chi connectivity index (χ0) is 14.4. The number of hydrogen-bond donors (Lipinski definition) is 3. The lowest BCUT2D eigenvalue weighted by molar-refractivity contribution is 0.392. The number of hydrogen-bond acceptors (Lipinski definition) is 5. The van der Waals surface area contributed by atoms with E-state index in [1.165, 1.54) is 7.05 Å². The van der Waals surface area contributed by atoms with E-state index in [1.54, 1.807) is 0 Å². The molecule has 1 heterocycles. The topological polar surface area (TPSA) is 104 Å². The molecule has 0 aromatic heterocycles. The minimum Gasteiger partial charge on any atom is -0.314 e. The normalized spacial score (nSPS) is 21.4. The van der Waals surface area contributed by atoms with Crippen LogP contribution in [0.5, 0.6) is 0 Å². The molecule has 19 heavy (non-hydrogen) atoms. The molecular weight excluding hydrogens is 290 g/mol. The number of piperidine rings is 1. The second kappa shape index (κ2) is 7.53. The molecule has 0 bridgehead atoms. The molecule has 1 saturated heterocycles. The van der Waals surface area contributed by atoms with Crippen LogP contribution in [-0.2, 0) is 20.0 Å². The van der Waals surface area contributed by atoms with Crippen LogP contribution in [0.15, 0.2) is 0 Å². The summed E-state index contributed by atoms with van der Waals surface area (Å²) in [7, 11) is -5.46. The first kappa shape index (κ1) is 16.8. The number of nitrogens with one attached hydrogen (secondary N) is 3. The molecule has 1 fully saturated rings. The molecule has 1 unspecified atom stereocenters. The van der Waals surface area contributed by atoms with Crippen molar-refractivity contribution in [3.05, 3.63) is 0 Å². The monoisotopic (exact) mass is 313 g/mol. The van der Waals surface area contributed by atoms with Gasteiger partial charge in [-0.3, -0.25) is 0 Å². The molecule has 3 N–H and O–H groups in total. The highest BCUT2D eigenvalue weighted by Gasteiger charge is 2.17. The van der Waals surface area contributed by atoms with Gasteiger partial charge in [0, 0.05) is 12.6 Å². The lowest BCUT2D eigenvalue weighted by atomic mass is 10.0. The molecule has 0 aromatic carbocycles. The van der Waals surface area contributed by atoms with Crippen LogP contribution in [-0.4, -0.2) is 54.5 Å². The van der Waals surface area contributed by atoms with Crippen molar-refractivity contribution >= 4 is 20.0 Å². The minimum absolute atomic E-state index is 0.0320. The van der Waals surface area contributed by atoms with Crippen molar-refractivity contribution in [2.24, 2.45) is 0 Å². The summed E-state index contributed by atoms with van der Waals surface area (Å²) in [5.74, 6) is -0.214. The Labute approximate surface area is 115 Å². The van der Waals surface area contributed by atoms with Crippen LogP contribution in [0.2, 0.25) is 0 Å². The summed E-state index contributed by atoms with van der Waals surface area (Å²) in [6.45, 7) is 0.849. The van der Waals surface area contributed by atoms with Gasteiger partial charge in [-0.15, -0.1) is 0 Å². The third kappa shape index (κ3) is 7.21. The second-order valence-corrected chi connectivity index (χ2v) is 8.64. The van der Waals surface area contributed by atoms with Gasteiger partial charge in [-0.2, -0.15) is 0 Å². The molecule has 1 rings (SSSR count). The van der Waals surface area contributed by atoms with E-state index in [-0.39, 0.29) is 24.1 Å². The van der Waals surface area contributed by atoms with E-state index in [2.05, 4.69) is 14.8 Å². The summed E-state index contributed by atoms with van der Waals surface area (Å²) in [5.41, 5.74) is 0. The van der Waals surface area contributed by atoms with Gasteiger partial charge in [-0.05, 0) is 32.9 Å². The Kier molecular flexibility index (Phi) is 6.67. The average molecular weight is 313 g/mol. The molecule has 0 amide bonds. The largest absolute Gasteiger partial charge is 0.314 e. The van der Waals surface area contributed by atoms with Crippen LogP contribution in [0.3, 0.4) is 0 Å². The Morgan fingerprint density at radius 2 is 1.84 bits per heavy atom. The summed E-state index contributed by atoms with van der Waals surface area (Å²) in [4.78, 5) is 0. The predicted octanol–water partition coefficient (Wildman–Crippen LogP) is -1.01. The van der Waals surface area contributed by atoms with Crippen molar-refractivity contribution in [3.8, 4) is 0 Å². The number of sulfonamides is 2. The molecule has 0 saturated carbocycles. The first-order valence-electron chi connectivity index (χ1n) is 6.46. The zero-order valence-electron chi connectivity index (χ0n) is 11.2. The highest BCUT2D eigenvalue weighted by molar-refractivity contribution is 7.90. The van der Waals surface area contributed by atoms with Gasteiger partial charge in [-0.1, -0.05) is 6.42 Å². The van der Waals surface area contributed by atoms with E-state index in [1.807, 2.05) is 0 Å². The third-order valence-corrected chi connectivity index (χ3v) is 5.93. The molecule has 1 aliphatic heterocycles. The molecule has 1 aliphatic rings. The fraction of sp³-hybridized carbons (Fsp3) is 1.00. The fourth-order valence-electron chi connectivity index (χ4n) is 1.97. The Morgan fingerprint density at radius 1 is 1.11 bits per heavy atom. The van der Waals surface area contributed by atoms with Gasteiger partial charge in [0.2, 0.25) is 20.0 Å². The molecule has 9 heteroatoms. The molecule has 114 valence electrons. The molecule has 0 aromatic rings. The van der Waals surface area contributed by atoms with Crippen LogP contribution in [0, 0.1) is 0 Å². The van der Waals surface area contributed by atoms with E-state index in [4.69, 9.17) is 0 Å². The second-order valence-electron chi connectivity index (χ2n) is 4.67. The van der Waals surface area contributed by atoms with Crippen molar-refractivity contribution in [1.82, 2.24) is 14.8 Å². The van der Waals surface area contributed by atoms with Crippen LogP contribution in [0.25, 0.3) is 0 Å². The summed E-state index contributed by atoms with van der Waals surface area (Å²) < 4.78 is 50.1. The van der Waals surface area contributed by atoms with Gasteiger partial charge in [0.25, 0.3) is 0 Å². The summed E-state index contributed by atoms with van der Waals surface area (Å²) >= 11 is 0. The molecule has 0 aliphatic carbocycles. The van der Waals surface area contributed by atoms with Gasteiger partial charge < -0.3 is 5.32 Å². The van der Waals surface area contributed by atoms with Gasteiger partial charge in [-0.25, -0.2) is 26.3 Å². The van der Waals surface area contributed by atoms with Crippen LogP contribution < -0.4 is 14.8 Å². The van der Waals surface area contributed by atoms with Crippen LogP contribution in [0.1, 0.15) is 25.7 Å². The van der Waals surface area contributed by atoms with Crippen LogP contribution in [0.4, 0.5) is 0 Å². The lowest BCUT2D eigenvalue weighted by Crippen LogP contribution is -2.38. The van der Waals surface area contributed by atoms with Gasteiger partial charge >= 0.3 is 0 Å². The molecular formula is C10H23N3O4S2. The van der Waals surface area contributed by atoms with E-state index in [0.717, 1.165) is 25.8 Å². The third-order valence-electron chi connectivity index (χ3n) is 3.15. The average Bonchev–Trinajstić information content (AvgIpc) is 2.37. The maximum absolute atomic E-state index is 11.7. The maximum Gasteiger partial charge on any atom is 0.212 e. The fourth-order valence-corrected chi connectivity index (χ4v) is 3.83. The van der Waals surface area contributed by atoms with Gasteiger partial charge in [0.05, 0.1) is 11.5 Å². The molecule has 1 atom stereocenters. The Bertz CT molecular complexity index is 455. The van der Waals surface area contributed by atoms with E-state index >= 15 is 0 Å². The van der Waals surface area contributed by atoms with Crippen molar-refractivity contribution in [2.75, 3.05) is 31.6 Å². The van der Waals surface area contributed by atoms with E-state index in [0.29, 0.717) is 6.42 Å². The molecule has 0 spiro atoms. The first-order valence-corrected chi connectivity index (χ1v) is 9.77. The molecule has 0 radical (unpaired) electrons. The quantitative estimate of drug-likeness (QED) is 0.532.